The highest BCUT2D eigenvalue weighted by atomic mass is 19.1. The average molecular weight is 277 g/mol. The molecular weight excluding hydrogens is 253 g/mol. The Morgan fingerprint density at radius 2 is 2.00 bits per heavy atom. The van der Waals surface area contributed by atoms with Crippen LogP contribution in [0.25, 0.3) is 0 Å². The van der Waals surface area contributed by atoms with Crippen LogP contribution >= 0.6 is 0 Å². The molecule has 1 saturated carbocycles. The minimum Gasteiger partial charge on any atom is -0.308 e. The van der Waals surface area contributed by atoms with Gasteiger partial charge < -0.3 is 10.2 Å². The molecule has 2 fully saturated rings. The summed E-state index contributed by atoms with van der Waals surface area (Å²) in [6.45, 7) is 7.84. The van der Waals surface area contributed by atoms with Crippen LogP contribution in [0.15, 0.2) is 18.3 Å². The molecule has 2 unspecified atom stereocenters. The van der Waals surface area contributed by atoms with Gasteiger partial charge in [0.2, 0.25) is 0 Å². The van der Waals surface area contributed by atoms with Crippen molar-refractivity contribution in [2.75, 3.05) is 13.1 Å². The lowest BCUT2D eigenvalue weighted by Crippen LogP contribution is -2.32. The average Bonchev–Trinajstić information content (AvgIpc) is 2.96. The highest BCUT2D eigenvalue weighted by Crippen LogP contribution is 2.38. The Balaban J connectivity index is 1.47. The van der Waals surface area contributed by atoms with E-state index >= 15 is 0 Å². The van der Waals surface area contributed by atoms with Crippen LogP contribution < -0.4 is 5.32 Å². The summed E-state index contributed by atoms with van der Waals surface area (Å²) >= 11 is 0. The van der Waals surface area contributed by atoms with E-state index < -0.39 is 0 Å². The van der Waals surface area contributed by atoms with Gasteiger partial charge in [0.05, 0.1) is 11.9 Å². The van der Waals surface area contributed by atoms with Crippen LogP contribution in [-0.4, -0.2) is 35.1 Å². The minimum atomic E-state index is -0.266. The van der Waals surface area contributed by atoms with E-state index in [4.69, 9.17) is 0 Å². The van der Waals surface area contributed by atoms with Gasteiger partial charge in [0.15, 0.2) is 0 Å². The van der Waals surface area contributed by atoms with Crippen LogP contribution in [0.4, 0.5) is 4.39 Å². The lowest BCUT2D eigenvalue weighted by molar-refractivity contribution is 0.248. The molecule has 2 aliphatic rings. The molecule has 0 aromatic carbocycles. The van der Waals surface area contributed by atoms with Crippen LogP contribution in [0.1, 0.15) is 32.4 Å². The van der Waals surface area contributed by atoms with Gasteiger partial charge in [-0.05, 0) is 50.7 Å². The maximum atomic E-state index is 12.8. The fraction of sp³-hybridized carbons (Fsp3) is 0.688. The third-order valence-corrected chi connectivity index (χ3v) is 4.87. The van der Waals surface area contributed by atoms with Gasteiger partial charge in [-0.2, -0.15) is 0 Å². The first kappa shape index (κ1) is 14.0. The largest absolute Gasteiger partial charge is 0.308 e. The zero-order valence-corrected chi connectivity index (χ0v) is 12.3. The second-order valence-corrected chi connectivity index (χ2v) is 6.58. The fourth-order valence-corrected chi connectivity index (χ4v) is 3.68. The van der Waals surface area contributed by atoms with Crippen molar-refractivity contribution in [1.29, 1.82) is 0 Å². The molecule has 3 nitrogen and oxygen atoms in total. The zero-order valence-electron chi connectivity index (χ0n) is 12.3. The second-order valence-electron chi connectivity index (χ2n) is 6.58. The van der Waals surface area contributed by atoms with E-state index in [1.165, 1.54) is 38.2 Å². The summed E-state index contributed by atoms with van der Waals surface area (Å²) in [6, 6.07) is 4.52. The highest BCUT2D eigenvalue weighted by molar-refractivity contribution is 5.05. The monoisotopic (exact) mass is 277 g/mol. The third kappa shape index (κ3) is 3.01. The summed E-state index contributed by atoms with van der Waals surface area (Å²) in [7, 11) is 0. The van der Waals surface area contributed by atoms with Crippen LogP contribution in [0.5, 0.6) is 0 Å². The SMILES string of the molecule is CC(C)N1CC2CC(NCc3ccc(F)cn3)CC2C1. The van der Waals surface area contributed by atoms with Crippen molar-refractivity contribution in [3.05, 3.63) is 29.8 Å². The second kappa shape index (κ2) is 5.78. The minimum absolute atomic E-state index is 0.266. The van der Waals surface area contributed by atoms with Crippen LogP contribution in [0.3, 0.4) is 0 Å². The normalized spacial score (nSPS) is 30.1. The number of pyridine rings is 1. The molecule has 0 bridgehead atoms. The maximum absolute atomic E-state index is 12.8. The van der Waals surface area contributed by atoms with E-state index in [1.54, 1.807) is 6.07 Å². The van der Waals surface area contributed by atoms with Gasteiger partial charge in [0, 0.05) is 31.7 Å². The van der Waals surface area contributed by atoms with Crippen molar-refractivity contribution >= 4 is 0 Å². The summed E-state index contributed by atoms with van der Waals surface area (Å²) in [5.41, 5.74) is 0.923. The summed E-state index contributed by atoms with van der Waals surface area (Å²) in [5.74, 6) is 1.45. The lowest BCUT2D eigenvalue weighted by atomic mass is 10.0. The molecule has 110 valence electrons. The highest BCUT2D eigenvalue weighted by Gasteiger charge is 2.41. The fourth-order valence-electron chi connectivity index (χ4n) is 3.68. The molecule has 1 aromatic heterocycles. The first-order valence-corrected chi connectivity index (χ1v) is 7.69. The van der Waals surface area contributed by atoms with Crippen LogP contribution in [0.2, 0.25) is 0 Å². The molecular formula is C16H24FN3. The van der Waals surface area contributed by atoms with Crippen molar-refractivity contribution in [1.82, 2.24) is 15.2 Å². The van der Waals surface area contributed by atoms with Gasteiger partial charge in [-0.1, -0.05) is 0 Å². The van der Waals surface area contributed by atoms with Gasteiger partial charge in [-0.25, -0.2) is 4.39 Å². The molecule has 2 atom stereocenters. The van der Waals surface area contributed by atoms with E-state index in [2.05, 4.69) is 29.0 Å². The topological polar surface area (TPSA) is 28.2 Å². The molecule has 20 heavy (non-hydrogen) atoms. The lowest BCUT2D eigenvalue weighted by Gasteiger charge is -2.22. The Morgan fingerprint density at radius 3 is 2.55 bits per heavy atom. The number of nitrogens with zero attached hydrogens (tertiary/aromatic N) is 2. The number of hydrogen-bond acceptors (Lipinski definition) is 3. The number of rotatable bonds is 4. The molecule has 0 spiro atoms. The van der Waals surface area contributed by atoms with Crippen molar-refractivity contribution in [3.8, 4) is 0 Å². The summed E-state index contributed by atoms with van der Waals surface area (Å²) in [5, 5.41) is 3.59. The van der Waals surface area contributed by atoms with E-state index in [1.807, 2.05) is 0 Å². The van der Waals surface area contributed by atoms with E-state index in [-0.39, 0.29) is 5.82 Å². The zero-order chi connectivity index (χ0) is 14.1. The van der Waals surface area contributed by atoms with Gasteiger partial charge in [0.25, 0.3) is 0 Å². The molecule has 1 saturated heterocycles. The molecule has 1 N–H and O–H groups in total. The van der Waals surface area contributed by atoms with E-state index in [0.717, 1.165) is 24.1 Å². The van der Waals surface area contributed by atoms with E-state index in [9.17, 15) is 4.39 Å². The Labute approximate surface area is 120 Å². The smallest absolute Gasteiger partial charge is 0.141 e. The first-order chi connectivity index (χ1) is 9.61. The number of likely N-dealkylation sites (tertiary alicyclic amines) is 1. The molecule has 0 radical (unpaired) electrons. The molecule has 4 heteroatoms. The Morgan fingerprint density at radius 1 is 1.30 bits per heavy atom. The molecule has 3 rings (SSSR count). The van der Waals surface area contributed by atoms with Gasteiger partial charge in [-0.3, -0.25) is 4.98 Å². The molecule has 1 aliphatic carbocycles. The first-order valence-electron chi connectivity index (χ1n) is 7.69. The summed E-state index contributed by atoms with van der Waals surface area (Å²) < 4.78 is 12.8. The molecule has 0 amide bonds. The number of nitrogens with one attached hydrogen (secondary N) is 1. The number of halogens is 1. The number of aromatic nitrogens is 1. The van der Waals surface area contributed by atoms with Gasteiger partial charge in [-0.15, -0.1) is 0 Å². The van der Waals surface area contributed by atoms with Gasteiger partial charge >= 0.3 is 0 Å². The summed E-state index contributed by atoms with van der Waals surface area (Å²) in [4.78, 5) is 6.71. The van der Waals surface area contributed by atoms with E-state index in [0.29, 0.717) is 12.1 Å². The van der Waals surface area contributed by atoms with Gasteiger partial charge in [0.1, 0.15) is 5.82 Å². The van der Waals surface area contributed by atoms with Crippen molar-refractivity contribution < 1.29 is 4.39 Å². The molecule has 1 aromatic rings. The third-order valence-electron chi connectivity index (χ3n) is 4.87. The summed E-state index contributed by atoms with van der Waals surface area (Å²) in [6.07, 6.45) is 3.84. The van der Waals surface area contributed by atoms with Crippen LogP contribution in [0, 0.1) is 17.7 Å². The van der Waals surface area contributed by atoms with Crippen molar-refractivity contribution in [2.24, 2.45) is 11.8 Å². The van der Waals surface area contributed by atoms with Crippen molar-refractivity contribution in [2.45, 2.75) is 45.3 Å². The predicted octanol–water partition coefficient (Wildman–Crippen LogP) is 2.43. The number of fused-ring (bicyclic) bond motifs is 1. The van der Waals surface area contributed by atoms with Crippen molar-refractivity contribution in [3.63, 3.8) is 0 Å². The Hall–Kier alpha value is -1.00. The predicted molar refractivity (Wildman–Crippen MR) is 77.7 cm³/mol. The quantitative estimate of drug-likeness (QED) is 0.916. The Kier molecular flexibility index (Phi) is 4.03. The molecule has 2 heterocycles. The maximum Gasteiger partial charge on any atom is 0.141 e. The standard InChI is InChI=1S/C16H24FN3/c1-11(2)20-9-12-5-16(6-13(12)10-20)19-8-15-4-3-14(17)7-18-15/h3-4,7,11-13,16,19H,5-6,8-10H2,1-2H3. The number of hydrogen-bond donors (Lipinski definition) is 1. The Bertz CT molecular complexity index is 432. The van der Waals surface area contributed by atoms with Crippen LogP contribution in [-0.2, 0) is 6.54 Å². The molecule has 1 aliphatic heterocycles.